The Bertz CT molecular complexity index is 373. The Hall–Kier alpha value is -0.820. The van der Waals surface area contributed by atoms with Gasteiger partial charge in [-0.2, -0.15) is 0 Å². The summed E-state index contributed by atoms with van der Waals surface area (Å²) in [6, 6.07) is 9.79. The molecule has 0 heterocycles. The molecule has 18 heavy (non-hydrogen) atoms. The highest BCUT2D eigenvalue weighted by Gasteiger charge is 2.45. The third-order valence-electron chi connectivity index (χ3n) is 4.27. The van der Waals surface area contributed by atoms with Crippen LogP contribution in [-0.2, 0) is 0 Å². The van der Waals surface area contributed by atoms with Gasteiger partial charge >= 0.3 is 0 Å². The van der Waals surface area contributed by atoms with Crippen LogP contribution in [0.2, 0.25) is 0 Å². The maximum Gasteiger partial charge on any atom is 0.0374 e. The van der Waals surface area contributed by atoms with Crippen molar-refractivity contribution in [1.29, 1.82) is 0 Å². The van der Waals surface area contributed by atoms with Crippen LogP contribution in [0.1, 0.15) is 70.0 Å². The summed E-state index contributed by atoms with van der Waals surface area (Å²) < 4.78 is 0. The Morgan fingerprint density at radius 2 is 1.67 bits per heavy atom. The Morgan fingerprint density at radius 3 is 2.11 bits per heavy atom. The van der Waals surface area contributed by atoms with Crippen LogP contribution >= 0.6 is 0 Å². The topological polar surface area (TPSA) is 12.0 Å². The molecule has 0 saturated heterocycles. The van der Waals surface area contributed by atoms with E-state index in [4.69, 9.17) is 0 Å². The normalized spacial score (nSPS) is 18.9. The summed E-state index contributed by atoms with van der Waals surface area (Å²) in [7, 11) is 0. The van der Waals surface area contributed by atoms with Crippen molar-refractivity contribution >= 4 is 0 Å². The van der Waals surface area contributed by atoms with E-state index in [2.05, 4.69) is 57.3 Å². The van der Waals surface area contributed by atoms with Gasteiger partial charge in [-0.25, -0.2) is 0 Å². The SMILES string of the molecule is CCCNC(c1ccc(C(C)C)cc1)C1(C)CC1. The third-order valence-corrected chi connectivity index (χ3v) is 4.27. The molecule has 1 atom stereocenters. The quantitative estimate of drug-likeness (QED) is 0.769. The minimum absolute atomic E-state index is 0.495. The molecular formula is C17H27N. The fourth-order valence-corrected chi connectivity index (χ4v) is 2.61. The minimum Gasteiger partial charge on any atom is -0.309 e. The molecule has 1 aromatic carbocycles. The lowest BCUT2D eigenvalue weighted by molar-refractivity contribution is 0.366. The molecule has 1 aliphatic carbocycles. The second-order valence-electron chi connectivity index (χ2n) is 6.36. The minimum atomic E-state index is 0.495. The van der Waals surface area contributed by atoms with Crippen molar-refractivity contribution in [3.63, 3.8) is 0 Å². The van der Waals surface area contributed by atoms with Crippen LogP contribution in [0.3, 0.4) is 0 Å². The highest BCUT2D eigenvalue weighted by Crippen LogP contribution is 2.54. The Kier molecular flexibility index (Phi) is 4.11. The van der Waals surface area contributed by atoms with Gasteiger partial charge in [0.05, 0.1) is 0 Å². The smallest absolute Gasteiger partial charge is 0.0374 e. The lowest BCUT2D eigenvalue weighted by Gasteiger charge is -2.26. The van der Waals surface area contributed by atoms with Crippen molar-refractivity contribution in [3.8, 4) is 0 Å². The van der Waals surface area contributed by atoms with Crippen molar-refractivity contribution < 1.29 is 0 Å². The average Bonchev–Trinajstić information content (AvgIpc) is 3.09. The van der Waals surface area contributed by atoms with Gasteiger partial charge < -0.3 is 5.32 Å². The third kappa shape index (κ3) is 2.95. The standard InChI is InChI=1S/C17H27N/c1-5-12-18-16(17(4)10-11-17)15-8-6-14(7-9-15)13(2)3/h6-9,13,16,18H,5,10-12H2,1-4H3. The molecule has 2 rings (SSSR count). The van der Waals surface area contributed by atoms with Crippen molar-refractivity contribution in [3.05, 3.63) is 35.4 Å². The van der Waals surface area contributed by atoms with Gasteiger partial charge in [-0.15, -0.1) is 0 Å². The fourth-order valence-electron chi connectivity index (χ4n) is 2.61. The van der Waals surface area contributed by atoms with E-state index >= 15 is 0 Å². The van der Waals surface area contributed by atoms with Gasteiger partial charge in [0.1, 0.15) is 0 Å². The molecule has 1 unspecified atom stereocenters. The molecule has 0 radical (unpaired) electrons. The molecule has 1 fully saturated rings. The summed E-state index contributed by atoms with van der Waals surface area (Å²) in [5.41, 5.74) is 3.40. The fraction of sp³-hybridized carbons (Fsp3) is 0.647. The monoisotopic (exact) mass is 245 g/mol. The van der Waals surface area contributed by atoms with Crippen LogP contribution in [-0.4, -0.2) is 6.54 Å². The molecule has 1 saturated carbocycles. The van der Waals surface area contributed by atoms with Crippen LogP contribution in [0.15, 0.2) is 24.3 Å². The van der Waals surface area contributed by atoms with E-state index in [0.717, 1.165) is 6.54 Å². The molecule has 0 aliphatic heterocycles. The highest BCUT2D eigenvalue weighted by atomic mass is 14.9. The molecule has 1 heteroatoms. The van der Waals surface area contributed by atoms with E-state index in [1.165, 1.54) is 30.4 Å². The zero-order valence-corrected chi connectivity index (χ0v) is 12.3. The van der Waals surface area contributed by atoms with E-state index in [0.29, 0.717) is 17.4 Å². The summed E-state index contributed by atoms with van der Waals surface area (Å²) in [5, 5.41) is 3.74. The van der Waals surface area contributed by atoms with Crippen molar-refractivity contribution in [1.82, 2.24) is 5.32 Å². The summed E-state index contributed by atoms with van der Waals surface area (Å²) in [4.78, 5) is 0. The zero-order chi connectivity index (χ0) is 13.2. The van der Waals surface area contributed by atoms with Gasteiger partial charge in [0.15, 0.2) is 0 Å². The summed E-state index contributed by atoms with van der Waals surface area (Å²) in [6.45, 7) is 10.3. The molecule has 1 aliphatic rings. The van der Waals surface area contributed by atoms with E-state index < -0.39 is 0 Å². The molecular weight excluding hydrogens is 218 g/mol. The second kappa shape index (κ2) is 5.44. The first-order chi connectivity index (χ1) is 8.57. The number of hydrogen-bond donors (Lipinski definition) is 1. The molecule has 0 spiro atoms. The number of nitrogens with one attached hydrogen (secondary N) is 1. The molecule has 0 amide bonds. The predicted molar refractivity (Wildman–Crippen MR) is 78.9 cm³/mol. The van der Waals surface area contributed by atoms with Crippen LogP contribution < -0.4 is 5.32 Å². The van der Waals surface area contributed by atoms with E-state index in [1.54, 1.807) is 0 Å². The maximum atomic E-state index is 3.74. The maximum absolute atomic E-state index is 3.74. The lowest BCUT2D eigenvalue weighted by atomic mass is 9.90. The Morgan fingerprint density at radius 1 is 1.11 bits per heavy atom. The first kappa shape index (κ1) is 13.6. The first-order valence-corrected chi connectivity index (χ1v) is 7.40. The first-order valence-electron chi connectivity index (χ1n) is 7.40. The van der Waals surface area contributed by atoms with Crippen LogP contribution in [0.5, 0.6) is 0 Å². The van der Waals surface area contributed by atoms with E-state index in [9.17, 15) is 0 Å². The Balaban J connectivity index is 2.14. The number of rotatable bonds is 6. The van der Waals surface area contributed by atoms with Crippen molar-refractivity contribution in [2.75, 3.05) is 6.54 Å². The van der Waals surface area contributed by atoms with Gasteiger partial charge in [-0.1, -0.05) is 52.0 Å². The van der Waals surface area contributed by atoms with Crippen molar-refractivity contribution in [2.24, 2.45) is 5.41 Å². The van der Waals surface area contributed by atoms with Crippen molar-refractivity contribution in [2.45, 2.75) is 58.9 Å². The molecule has 100 valence electrons. The summed E-state index contributed by atoms with van der Waals surface area (Å²) >= 11 is 0. The predicted octanol–water partition coefficient (Wildman–Crippen LogP) is 4.65. The number of benzene rings is 1. The zero-order valence-electron chi connectivity index (χ0n) is 12.3. The van der Waals surface area contributed by atoms with Crippen LogP contribution in [0, 0.1) is 5.41 Å². The van der Waals surface area contributed by atoms with Gasteiger partial charge in [0.2, 0.25) is 0 Å². The van der Waals surface area contributed by atoms with Gasteiger partial charge in [-0.05, 0) is 48.3 Å². The molecule has 0 aromatic heterocycles. The van der Waals surface area contributed by atoms with E-state index in [1.807, 2.05) is 0 Å². The van der Waals surface area contributed by atoms with Gasteiger partial charge in [0.25, 0.3) is 0 Å². The lowest BCUT2D eigenvalue weighted by Crippen LogP contribution is -2.28. The molecule has 0 bridgehead atoms. The van der Waals surface area contributed by atoms with Crippen LogP contribution in [0.25, 0.3) is 0 Å². The Labute approximate surface area is 112 Å². The number of hydrogen-bond acceptors (Lipinski definition) is 1. The summed E-state index contributed by atoms with van der Waals surface area (Å²) in [5.74, 6) is 0.623. The average molecular weight is 245 g/mol. The van der Waals surface area contributed by atoms with Gasteiger partial charge in [-0.3, -0.25) is 0 Å². The summed E-state index contributed by atoms with van der Waals surface area (Å²) in [6.07, 6.45) is 3.93. The van der Waals surface area contributed by atoms with E-state index in [-0.39, 0.29) is 0 Å². The second-order valence-corrected chi connectivity index (χ2v) is 6.36. The highest BCUT2D eigenvalue weighted by molar-refractivity contribution is 5.29. The molecule has 1 N–H and O–H groups in total. The largest absolute Gasteiger partial charge is 0.309 e. The van der Waals surface area contributed by atoms with Crippen LogP contribution in [0.4, 0.5) is 0 Å². The molecule has 1 aromatic rings. The molecule has 1 nitrogen and oxygen atoms in total. The van der Waals surface area contributed by atoms with Gasteiger partial charge in [0, 0.05) is 6.04 Å².